The van der Waals surface area contributed by atoms with Gasteiger partial charge in [-0.1, -0.05) is 44.2 Å². The molecule has 6 aliphatic rings. The lowest BCUT2D eigenvalue weighted by Crippen LogP contribution is -2.30. The first-order valence-electron chi connectivity index (χ1n) is 14.9. The Bertz CT molecular complexity index is 1690. The molecule has 42 heavy (non-hydrogen) atoms. The van der Waals surface area contributed by atoms with Crippen LogP contribution >= 0.6 is 0 Å². The summed E-state index contributed by atoms with van der Waals surface area (Å²) < 4.78 is 0. The fourth-order valence-corrected chi connectivity index (χ4v) is 7.07. The smallest absolute Gasteiger partial charge is 0.303 e. The molecule has 6 nitrogen and oxygen atoms in total. The van der Waals surface area contributed by atoms with Crippen LogP contribution in [0.2, 0.25) is 0 Å². The van der Waals surface area contributed by atoms with Crippen LogP contribution in [0, 0.1) is 17.3 Å². The molecule has 2 unspecified atom stereocenters. The highest BCUT2D eigenvalue weighted by atomic mass is 16.4. The number of nitrogens with zero attached hydrogens (tertiary/aromatic N) is 2. The minimum Gasteiger partial charge on any atom is -0.481 e. The lowest BCUT2D eigenvalue weighted by molar-refractivity contribution is -0.136. The van der Waals surface area contributed by atoms with Gasteiger partial charge in [0.05, 0.1) is 28.9 Å². The maximum absolute atomic E-state index is 11.5. The number of rotatable bonds is 4. The monoisotopic (exact) mass is 560 g/mol. The molecule has 0 saturated carbocycles. The Morgan fingerprint density at radius 2 is 1.74 bits per heavy atom. The number of carboxylic acid groups (broad SMARTS) is 1. The molecule has 0 amide bonds. The number of hydrogen-bond donors (Lipinski definition) is 3. The van der Waals surface area contributed by atoms with E-state index in [0.29, 0.717) is 12.3 Å². The summed E-state index contributed by atoms with van der Waals surface area (Å²) in [6.07, 6.45) is 15.7. The van der Waals surface area contributed by atoms with Crippen LogP contribution in [0.1, 0.15) is 61.3 Å². The van der Waals surface area contributed by atoms with Gasteiger partial charge in [-0.15, -0.1) is 0 Å². The Kier molecular flexibility index (Phi) is 6.64. The van der Waals surface area contributed by atoms with Crippen molar-refractivity contribution in [3.05, 3.63) is 117 Å². The fourth-order valence-electron chi connectivity index (χ4n) is 7.07. The summed E-state index contributed by atoms with van der Waals surface area (Å²) in [5.41, 5.74) is 14.7. The molecule has 0 aromatic heterocycles. The minimum absolute atomic E-state index is 0.0355. The molecule has 216 valence electrons. The lowest BCUT2D eigenvalue weighted by Gasteiger charge is -2.36. The van der Waals surface area contributed by atoms with E-state index in [2.05, 4.69) is 102 Å². The highest BCUT2D eigenvalue weighted by Gasteiger charge is 2.47. The van der Waals surface area contributed by atoms with Crippen molar-refractivity contribution in [2.45, 2.75) is 67.3 Å². The van der Waals surface area contributed by atoms with Gasteiger partial charge in [-0.05, 0) is 99.1 Å². The second kappa shape index (κ2) is 9.97. The van der Waals surface area contributed by atoms with Crippen molar-refractivity contribution < 1.29 is 9.90 Å². The quantitative estimate of drug-likeness (QED) is 0.341. The molecule has 5 aliphatic heterocycles. The Labute approximate surface area is 248 Å². The number of allylic oxidation sites excluding steroid dienone is 12. The summed E-state index contributed by atoms with van der Waals surface area (Å²) in [7, 11) is 0. The summed E-state index contributed by atoms with van der Waals surface area (Å²) in [4.78, 5) is 21.8. The number of hydrogen-bond acceptors (Lipinski definition) is 5. The van der Waals surface area contributed by atoms with Gasteiger partial charge >= 0.3 is 5.97 Å². The average Bonchev–Trinajstić information content (AvgIpc) is 3.59. The van der Waals surface area contributed by atoms with E-state index in [-0.39, 0.29) is 23.8 Å². The van der Waals surface area contributed by atoms with Gasteiger partial charge in [-0.25, -0.2) is 9.98 Å². The normalized spacial score (nSPS) is 34.9. The molecular weight excluding hydrogens is 520 g/mol. The third kappa shape index (κ3) is 4.19. The van der Waals surface area contributed by atoms with E-state index in [0.717, 1.165) is 67.8 Å². The van der Waals surface area contributed by atoms with Crippen molar-refractivity contribution in [1.29, 1.82) is 0 Å². The Morgan fingerprint density at radius 3 is 2.45 bits per heavy atom. The first-order chi connectivity index (χ1) is 19.9. The number of carbonyl (C=O) groups is 1. The molecule has 1 saturated heterocycles. The molecule has 0 spiro atoms. The van der Waals surface area contributed by atoms with Crippen LogP contribution < -0.4 is 10.6 Å². The molecule has 0 aromatic rings. The van der Waals surface area contributed by atoms with E-state index in [1.165, 1.54) is 11.1 Å². The predicted octanol–water partition coefficient (Wildman–Crippen LogP) is 7.14. The highest BCUT2D eigenvalue weighted by molar-refractivity contribution is 6.14. The number of carboxylic acids is 1. The molecule has 1 aliphatic carbocycles. The highest BCUT2D eigenvalue weighted by Crippen LogP contribution is 2.54. The van der Waals surface area contributed by atoms with Crippen molar-refractivity contribution in [1.82, 2.24) is 10.6 Å². The van der Waals surface area contributed by atoms with Crippen LogP contribution in [0.15, 0.2) is 127 Å². The van der Waals surface area contributed by atoms with Crippen molar-refractivity contribution >= 4 is 17.4 Å². The van der Waals surface area contributed by atoms with Gasteiger partial charge in [-0.2, -0.15) is 0 Å². The predicted molar refractivity (Wildman–Crippen MR) is 171 cm³/mol. The maximum Gasteiger partial charge on any atom is 0.303 e. The largest absolute Gasteiger partial charge is 0.481 e. The van der Waals surface area contributed by atoms with Gasteiger partial charge < -0.3 is 15.7 Å². The van der Waals surface area contributed by atoms with E-state index in [9.17, 15) is 9.90 Å². The number of aliphatic carboxylic acids is 1. The number of nitrogens with one attached hydrogen (secondary N) is 2. The van der Waals surface area contributed by atoms with Crippen LogP contribution in [0.3, 0.4) is 0 Å². The fraction of sp³-hybridized carbons (Fsp3) is 0.361. The van der Waals surface area contributed by atoms with Crippen molar-refractivity contribution in [3.8, 4) is 0 Å². The van der Waals surface area contributed by atoms with E-state index >= 15 is 0 Å². The van der Waals surface area contributed by atoms with Crippen molar-refractivity contribution in [3.63, 3.8) is 0 Å². The molecule has 6 heteroatoms. The SMILES string of the molecule is C=CC1=C(C)C2=NC/1=C\C1NC(=C(CCC(=O)O)C1C)/C=C1N=C(/C=C3\N/C(=C\2)C2=CC=C(C)[C@@H](C)[C@]23C)C(C)=C\1C. The Morgan fingerprint density at radius 1 is 1.02 bits per heavy atom. The van der Waals surface area contributed by atoms with Crippen molar-refractivity contribution in [2.24, 2.45) is 27.2 Å². The molecule has 5 heterocycles. The second-order valence-corrected chi connectivity index (χ2v) is 12.5. The summed E-state index contributed by atoms with van der Waals surface area (Å²) in [6, 6.07) is -0.0355. The minimum atomic E-state index is -0.793. The van der Waals surface area contributed by atoms with Gasteiger partial charge in [-0.3, -0.25) is 4.79 Å². The molecular formula is C36H40N4O2. The van der Waals surface area contributed by atoms with Gasteiger partial charge in [0.25, 0.3) is 0 Å². The first-order valence-corrected chi connectivity index (χ1v) is 14.9. The van der Waals surface area contributed by atoms with Gasteiger partial charge in [0, 0.05) is 40.4 Å². The summed E-state index contributed by atoms with van der Waals surface area (Å²) >= 11 is 0. The van der Waals surface area contributed by atoms with Gasteiger partial charge in [0.15, 0.2) is 0 Å². The summed E-state index contributed by atoms with van der Waals surface area (Å²) in [5, 5.41) is 17.0. The lowest BCUT2D eigenvalue weighted by atomic mass is 9.66. The second-order valence-electron chi connectivity index (χ2n) is 12.5. The zero-order valence-corrected chi connectivity index (χ0v) is 25.6. The van der Waals surface area contributed by atoms with E-state index in [1.807, 2.05) is 6.08 Å². The Hall–Kier alpha value is -4.19. The average molecular weight is 561 g/mol. The molecule has 0 radical (unpaired) electrons. The van der Waals surface area contributed by atoms with Crippen LogP contribution in [0.25, 0.3) is 0 Å². The third-order valence-corrected chi connectivity index (χ3v) is 10.4. The topological polar surface area (TPSA) is 86.1 Å². The van der Waals surface area contributed by atoms with E-state index in [4.69, 9.17) is 9.98 Å². The molecule has 8 bridgehead atoms. The maximum atomic E-state index is 11.5. The van der Waals surface area contributed by atoms with Crippen LogP contribution in [0.4, 0.5) is 0 Å². The number of aliphatic imine (C=N–C) groups is 2. The van der Waals surface area contributed by atoms with E-state index < -0.39 is 5.97 Å². The number of fused-ring (bicyclic) bond motifs is 9. The summed E-state index contributed by atoms with van der Waals surface area (Å²) in [5.74, 6) is -0.391. The first kappa shape index (κ1) is 28.0. The van der Waals surface area contributed by atoms with Crippen LogP contribution in [-0.2, 0) is 4.79 Å². The van der Waals surface area contributed by atoms with Gasteiger partial charge in [0.2, 0.25) is 0 Å². The van der Waals surface area contributed by atoms with Crippen molar-refractivity contribution in [2.75, 3.05) is 0 Å². The molecule has 4 atom stereocenters. The zero-order valence-electron chi connectivity index (χ0n) is 25.6. The van der Waals surface area contributed by atoms with Crippen LogP contribution in [0.5, 0.6) is 0 Å². The van der Waals surface area contributed by atoms with Gasteiger partial charge in [0.1, 0.15) is 0 Å². The summed E-state index contributed by atoms with van der Waals surface area (Å²) in [6.45, 7) is 19.5. The Balaban J connectivity index is 1.60. The van der Waals surface area contributed by atoms with E-state index in [1.54, 1.807) is 0 Å². The zero-order chi connectivity index (χ0) is 30.1. The standard InChI is InChI=1S/C36H40N4O2/c1-9-24-21(5)29-16-33-26-12-10-18(2)23(7)36(26,8)34(40-33)17-30-20(4)19(3)27(37-30)14-32-25(11-13-35(41)42)22(6)28(39-32)15-31(24)38-29/h9-10,12,14-17,22-23,28,39-40H,1,11,13H2,2-8H3,(H,41,42)/b27-14-,31-15-,33-16-,34-17-/t22?,23-,28?,36-/m1/s1. The third-order valence-electron chi connectivity index (χ3n) is 10.4. The molecule has 3 N–H and O–H groups in total. The molecule has 1 fully saturated rings. The van der Waals surface area contributed by atoms with Crippen LogP contribution in [-0.4, -0.2) is 28.5 Å². The molecule has 0 aromatic carbocycles. The molecule has 6 rings (SSSR count).